The Hall–Kier alpha value is -1.58. The van der Waals surface area contributed by atoms with Crippen molar-refractivity contribution in [1.82, 2.24) is 5.32 Å². The lowest BCUT2D eigenvalue weighted by atomic mass is 10.1. The topological polar surface area (TPSA) is 24.1 Å². The number of anilines is 1. The van der Waals surface area contributed by atoms with E-state index in [-0.39, 0.29) is 0 Å². The van der Waals surface area contributed by atoms with Crippen molar-refractivity contribution >= 4 is 34.6 Å². The maximum Gasteiger partial charge on any atom is 0.170 e. The van der Waals surface area contributed by atoms with Crippen LogP contribution in [0.3, 0.4) is 0 Å². The molecule has 0 saturated heterocycles. The number of benzene rings is 2. The molecule has 0 saturated carbocycles. The molecule has 0 aliphatic heterocycles. The highest BCUT2D eigenvalue weighted by Gasteiger charge is 1.98. The number of hydrogen-bond acceptors (Lipinski definition) is 1. The van der Waals surface area contributed by atoms with E-state index in [1.54, 1.807) is 0 Å². The van der Waals surface area contributed by atoms with Crippen molar-refractivity contribution in [3.63, 3.8) is 0 Å². The van der Waals surface area contributed by atoms with Gasteiger partial charge in [0.2, 0.25) is 0 Å². The molecular formula is C18H21ClN2S. The van der Waals surface area contributed by atoms with Gasteiger partial charge in [0, 0.05) is 17.3 Å². The summed E-state index contributed by atoms with van der Waals surface area (Å²) in [5, 5.41) is 7.88. The first kappa shape index (κ1) is 16.8. The summed E-state index contributed by atoms with van der Waals surface area (Å²) >= 11 is 11.2. The Morgan fingerprint density at radius 1 is 1.00 bits per heavy atom. The second kappa shape index (κ2) is 8.76. The van der Waals surface area contributed by atoms with E-state index in [4.69, 9.17) is 23.8 Å². The van der Waals surface area contributed by atoms with Crippen molar-refractivity contribution in [1.29, 1.82) is 0 Å². The lowest BCUT2D eigenvalue weighted by Gasteiger charge is -2.11. The van der Waals surface area contributed by atoms with Crippen LogP contribution in [0.1, 0.15) is 24.5 Å². The van der Waals surface area contributed by atoms with Gasteiger partial charge in [-0.15, -0.1) is 0 Å². The molecule has 2 N–H and O–H groups in total. The van der Waals surface area contributed by atoms with E-state index in [0.717, 1.165) is 36.5 Å². The van der Waals surface area contributed by atoms with Crippen LogP contribution < -0.4 is 10.6 Å². The Bertz CT molecular complexity index is 593. The van der Waals surface area contributed by atoms with Crippen LogP contribution in [0.15, 0.2) is 48.5 Å². The number of hydrogen-bond donors (Lipinski definition) is 2. The molecule has 0 amide bonds. The molecule has 0 aliphatic rings. The number of aryl methyl sites for hydroxylation is 2. The molecule has 0 spiro atoms. The largest absolute Gasteiger partial charge is 0.362 e. The van der Waals surface area contributed by atoms with Gasteiger partial charge in [-0.3, -0.25) is 0 Å². The molecule has 4 heteroatoms. The SMILES string of the molecule is CCc1ccc(NC(=S)NCCCc2ccc(Cl)cc2)cc1. The van der Waals surface area contributed by atoms with Crippen LogP contribution >= 0.6 is 23.8 Å². The summed E-state index contributed by atoms with van der Waals surface area (Å²) in [6.07, 6.45) is 3.09. The second-order valence-electron chi connectivity index (χ2n) is 5.16. The molecule has 116 valence electrons. The van der Waals surface area contributed by atoms with Crippen LogP contribution in [0, 0.1) is 0 Å². The van der Waals surface area contributed by atoms with Gasteiger partial charge in [-0.05, 0) is 66.9 Å². The summed E-state index contributed by atoms with van der Waals surface area (Å²) in [7, 11) is 0. The molecule has 0 aromatic heterocycles. The van der Waals surface area contributed by atoms with Crippen molar-refractivity contribution in [2.75, 3.05) is 11.9 Å². The highest BCUT2D eigenvalue weighted by Crippen LogP contribution is 2.11. The summed E-state index contributed by atoms with van der Waals surface area (Å²) in [6.45, 7) is 3.00. The first-order valence-corrected chi connectivity index (χ1v) is 8.34. The lowest BCUT2D eigenvalue weighted by molar-refractivity contribution is 0.777. The van der Waals surface area contributed by atoms with E-state index in [1.807, 2.05) is 12.1 Å². The van der Waals surface area contributed by atoms with Gasteiger partial charge in [-0.25, -0.2) is 0 Å². The van der Waals surface area contributed by atoms with Crippen molar-refractivity contribution in [2.45, 2.75) is 26.2 Å². The van der Waals surface area contributed by atoms with Gasteiger partial charge in [-0.2, -0.15) is 0 Å². The third kappa shape index (κ3) is 5.66. The van der Waals surface area contributed by atoms with Crippen LogP contribution in [-0.4, -0.2) is 11.7 Å². The Morgan fingerprint density at radius 2 is 1.64 bits per heavy atom. The first-order chi connectivity index (χ1) is 10.7. The molecule has 2 nitrogen and oxygen atoms in total. The fourth-order valence-electron chi connectivity index (χ4n) is 2.14. The standard InChI is InChI=1S/C18H21ClN2S/c1-2-14-7-11-17(12-8-14)21-18(22)20-13-3-4-15-5-9-16(19)10-6-15/h5-12H,2-4,13H2,1H3,(H2,20,21,22). The van der Waals surface area contributed by atoms with Crippen molar-refractivity contribution < 1.29 is 0 Å². The molecule has 0 aliphatic carbocycles. The summed E-state index contributed by atoms with van der Waals surface area (Å²) < 4.78 is 0. The average Bonchev–Trinajstić information content (AvgIpc) is 2.54. The van der Waals surface area contributed by atoms with Gasteiger partial charge in [0.25, 0.3) is 0 Å². The molecule has 0 radical (unpaired) electrons. The highest BCUT2D eigenvalue weighted by molar-refractivity contribution is 7.80. The minimum Gasteiger partial charge on any atom is -0.362 e. The van der Waals surface area contributed by atoms with Gasteiger partial charge in [0.05, 0.1) is 0 Å². The van der Waals surface area contributed by atoms with E-state index >= 15 is 0 Å². The second-order valence-corrected chi connectivity index (χ2v) is 6.01. The van der Waals surface area contributed by atoms with E-state index in [0.29, 0.717) is 5.11 Å². The van der Waals surface area contributed by atoms with Crippen molar-refractivity contribution in [3.05, 3.63) is 64.7 Å². The van der Waals surface area contributed by atoms with Crippen LogP contribution in [-0.2, 0) is 12.8 Å². The molecule has 0 bridgehead atoms. The van der Waals surface area contributed by atoms with Crippen LogP contribution in [0.5, 0.6) is 0 Å². The minimum absolute atomic E-state index is 0.667. The third-order valence-electron chi connectivity index (χ3n) is 3.46. The molecule has 22 heavy (non-hydrogen) atoms. The van der Waals surface area contributed by atoms with Gasteiger partial charge in [0.15, 0.2) is 5.11 Å². The molecule has 0 fully saturated rings. The molecule has 2 aromatic rings. The van der Waals surface area contributed by atoms with Gasteiger partial charge in [0.1, 0.15) is 0 Å². The number of thiocarbonyl (C=S) groups is 1. The average molecular weight is 333 g/mol. The Kier molecular flexibility index (Phi) is 6.69. The minimum atomic E-state index is 0.667. The Morgan fingerprint density at radius 3 is 2.27 bits per heavy atom. The molecule has 0 atom stereocenters. The molecule has 2 rings (SSSR count). The van der Waals surface area contributed by atoms with E-state index in [2.05, 4.69) is 54.0 Å². The van der Waals surface area contributed by atoms with E-state index < -0.39 is 0 Å². The fraction of sp³-hybridized carbons (Fsp3) is 0.278. The maximum absolute atomic E-state index is 5.87. The zero-order valence-electron chi connectivity index (χ0n) is 12.7. The van der Waals surface area contributed by atoms with Crippen LogP contribution in [0.25, 0.3) is 0 Å². The smallest absolute Gasteiger partial charge is 0.170 e. The first-order valence-electron chi connectivity index (χ1n) is 7.55. The normalized spacial score (nSPS) is 10.3. The predicted octanol–water partition coefficient (Wildman–Crippen LogP) is 4.82. The number of halogens is 1. The zero-order chi connectivity index (χ0) is 15.8. The van der Waals surface area contributed by atoms with E-state index in [1.165, 1.54) is 11.1 Å². The number of nitrogens with one attached hydrogen (secondary N) is 2. The monoisotopic (exact) mass is 332 g/mol. The fourth-order valence-corrected chi connectivity index (χ4v) is 2.49. The highest BCUT2D eigenvalue weighted by atomic mass is 35.5. The van der Waals surface area contributed by atoms with Crippen LogP contribution in [0.4, 0.5) is 5.69 Å². The Balaban J connectivity index is 1.67. The van der Waals surface area contributed by atoms with Gasteiger partial charge in [-0.1, -0.05) is 42.8 Å². The van der Waals surface area contributed by atoms with Crippen LogP contribution in [0.2, 0.25) is 5.02 Å². The molecule has 2 aromatic carbocycles. The maximum atomic E-state index is 5.87. The molecule has 0 heterocycles. The predicted molar refractivity (Wildman–Crippen MR) is 99.8 cm³/mol. The van der Waals surface area contributed by atoms with Gasteiger partial charge >= 0.3 is 0 Å². The molecular weight excluding hydrogens is 312 g/mol. The quantitative estimate of drug-likeness (QED) is 0.585. The Labute approximate surface area is 142 Å². The summed E-state index contributed by atoms with van der Waals surface area (Å²) in [5.41, 5.74) is 3.64. The number of rotatable bonds is 6. The summed E-state index contributed by atoms with van der Waals surface area (Å²) in [4.78, 5) is 0. The lowest BCUT2D eigenvalue weighted by Crippen LogP contribution is -2.29. The van der Waals surface area contributed by atoms with Gasteiger partial charge < -0.3 is 10.6 Å². The summed E-state index contributed by atoms with van der Waals surface area (Å²) in [6, 6.07) is 16.3. The third-order valence-corrected chi connectivity index (χ3v) is 3.96. The van der Waals surface area contributed by atoms with Crippen molar-refractivity contribution in [2.24, 2.45) is 0 Å². The zero-order valence-corrected chi connectivity index (χ0v) is 14.3. The summed E-state index contributed by atoms with van der Waals surface area (Å²) in [5.74, 6) is 0. The van der Waals surface area contributed by atoms with Crippen molar-refractivity contribution in [3.8, 4) is 0 Å². The molecule has 0 unspecified atom stereocenters. The van der Waals surface area contributed by atoms with E-state index in [9.17, 15) is 0 Å².